The van der Waals surface area contributed by atoms with Crippen LogP contribution in [0.3, 0.4) is 0 Å². The number of fused-ring (bicyclic) bond motifs is 2. The molecule has 0 N–H and O–H groups in total. The maximum atomic E-state index is 12.2. The number of methoxy groups -OCH3 is 1. The molecule has 0 saturated carbocycles. The Balaban J connectivity index is 1.76. The van der Waals surface area contributed by atoms with Gasteiger partial charge in [-0.15, -0.1) is 0 Å². The molecule has 4 atom stereocenters. The Bertz CT molecular complexity index is 561. The van der Waals surface area contributed by atoms with E-state index in [9.17, 15) is 9.59 Å². The number of esters is 1. The van der Waals surface area contributed by atoms with Gasteiger partial charge in [-0.05, 0) is 12.1 Å². The first-order valence-electron chi connectivity index (χ1n) is 7.31. The number of amides is 1. The van der Waals surface area contributed by atoms with Gasteiger partial charge < -0.3 is 19.1 Å². The molecule has 2 aliphatic rings. The van der Waals surface area contributed by atoms with Crippen molar-refractivity contribution in [3.05, 3.63) is 35.9 Å². The predicted octanol–water partition coefficient (Wildman–Crippen LogP) is 1.20. The Labute approximate surface area is 128 Å². The van der Waals surface area contributed by atoms with Crippen LogP contribution in [0.25, 0.3) is 0 Å². The standard InChI is InChI=1S/C16H19NO5/c1-10(18)17-9-13-15(12(17)8-14(20-2)21-13)22-16(19)11-6-4-3-5-7-11/h3-7,12-15H,8-9H2,1-2H3/t12-,13-,14+,15+/m1/s1. The van der Waals surface area contributed by atoms with Crippen molar-refractivity contribution in [1.29, 1.82) is 0 Å². The first kappa shape index (κ1) is 15.0. The summed E-state index contributed by atoms with van der Waals surface area (Å²) in [6, 6.07) is 8.61. The van der Waals surface area contributed by atoms with Crippen LogP contribution in [0.15, 0.2) is 30.3 Å². The van der Waals surface area contributed by atoms with Gasteiger partial charge >= 0.3 is 5.97 Å². The lowest BCUT2D eigenvalue weighted by Gasteiger charge is -2.34. The Morgan fingerprint density at radius 2 is 2.00 bits per heavy atom. The van der Waals surface area contributed by atoms with E-state index in [0.29, 0.717) is 18.5 Å². The molecule has 2 aliphatic heterocycles. The fourth-order valence-electron chi connectivity index (χ4n) is 3.12. The van der Waals surface area contributed by atoms with E-state index >= 15 is 0 Å². The van der Waals surface area contributed by atoms with Crippen molar-refractivity contribution in [2.75, 3.05) is 13.7 Å². The molecule has 6 heteroatoms. The minimum atomic E-state index is -0.456. The Morgan fingerprint density at radius 1 is 1.27 bits per heavy atom. The number of ether oxygens (including phenoxy) is 3. The van der Waals surface area contributed by atoms with E-state index in [1.807, 2.05) is 6.07 Å². The zero-order valence-corrected chi connectivity index (χ0v) is 12.6. The molecule has 2 fully saturated rings. The molecule has 0 aromatic heterocycles. The quantitative estimate of drug-likeness (QED) is 0.785. The summed E-state index contributed by atoms with van der Waals surface area (Å²) >= 11 is 0. The molecule has 0 spiro atoms. The van der Waals surface area contributed by atoms with Gasteiger partial charge in [0.15, 0.2) is 12.4 Å². The van der Waals surface area contributed by atoms with Gasteiger partial charge in [0.25, 0.3) is 0 Å². The summed E-state index contributed by atoms with van der Waals surface area (Å²) in [5.41, 5.74) is 0.491. The third kappa shape index (κ3) is 2.71. The molecule has 0 aliphatic carbocycles. The lowest BCUT2D eigenvalue weighted by molar-refractivity contribution is -0.200. The van der Waals surface area contributed by atoms with Crippen LogP contribution >= 0.6 is 0 Å². The number of hydrogen-bond acceptors (Lipinski definition) is 5. The van der Waals surface area contributed by atoms with Gasteiger partial charge in [0.05, 0.1) is 18.2 Å². The van der Waals surface area contributed by atoms with Crippen LogP contribution in [0.5, 0.6) is 0 Å². The molecule has 3 rings (SSSR count). The zero-order chi connectivity index (χ0) is 15.7. The number of carbonyl (C=O) groups is 2. The second-order valence-electron chi connectivity index (χ2n) is 5.55. The zero-order valence-electron chi connectivity index (χ0n) is 12.6. The van der Waals surface area contributed by atoms with Crippen molar-refractivity contribution < 1.29 is 23.8 Å². The molecule has 6 nitrogen and oxygen atoms in total. The van der Waals surface area contributed by atoms with Crippen molar-refractivity contribution in [1.82, 2.24) is 4.90 Å². The summed E-state index contributed by atoms with van der Waals surface area (Å²) in [6.07, 6.45) is -0.673. The molecule has 1 amide bonds. The lowest BCUT2D eigenvalue weighted by atomic mass is 10.0. The van der Waals surface area contributed by atoms with E-state index in [2.05, 4.69) is 0 Å². The minimum Gasteiger partial charge on any atom is -0.454 e. The normalized spacial score (nSPS) is 30.2. The predicted molar refractivity (Wildman–Crippen MR) is 77.1 cm³/mol. The lowest BCUT2D eigenvalue weighted by Crippen LogP contribution is -2.48. The molecular formula is C16H19NO5. The summed E-state index contributed by atoms with van der Waals surface area (Å²) in [6.45, 7) is 1.94. The smallest absolute Gasteiger partial charge is 0.338 e. The van der Waals surface area contributed by atoms with Crippen molar-refractivity contribution in [3.8, 4) is 0 Å². The highest BCUT2D eigenvalue weighted by molar-refractivity contribution is 5.89. The van der Waals surface area contributed by atoms with Gasteiger partial charge in [-0.2, -0.15) is 0 Å². The molecule has 1 aromatic rings. The van der Waals surface area contributed by atoms with Gasteiger partial charge in [0.2, 0.25) is 5.91 Å². The van der Waals surface area contributed by atoms with Crippen molar-refractivity contribution in [3.63, 3.8) is 0 Å². The molecule has 0 unspecified atom stereocenters. The Morgan fingerprint density at radius 3 is 2.64 bits per heavy atom. The Kier molecular flexibility index (Phi) is 4.13. The van der Waals surface area contributed by atoms with Crippen LogP contribution in [0.2, 0.25) is 0 Å². The molecule has 22 heavy (non-hydrogen) atoms. The number of carbonyl (C=O) groups excluding carboxylic acids is 2. The third-order valence-electron chi connectivity index (χ3n) is 4.20. The van der Waals surface area contributed by atoms with Gasteiger partial charge in [0.1, 0.15) is 6.10 Å². The molecular weight excluding hydrogens is 286 g/mol. The van der Waals surface area contributed by atoms with E-state index in [4.69, 9.17) is 14.2 Å². The van der Waals surface area contributed by atoms with Crippen LogP contribution < -0.4 is 0 Å². The highest BCUT2D eigenvalue weighted by Gasteiger charge is 2.51. The van der Waals surface area contributed by atoms with E-state index in [0.717, 1.165) is 0 Å². The van der Waals surface area contributed by atoms with E-state index in [-0.39, 0.29) is 24.3 Å². The maximum Gasteiger partial charge on any atom is 0.338 e. The number of likely N-dealkylation sites (tertiary alicyclic amines) is 1. The number of hydrogen-bond donors (Lipinski definition) is 0. The second-order valence-corrected chi connectivity index (χ2v) is 5.55. The maximum absolute atomic E-state index is 12.2. The van der Waals surface area contributed by atoms with Crippen molar-refractivity contribution in [2.24, 2.45) is 0 Å². The SMILES string of the molecule is CO[C@@H]1C[C@@H]2[C@H](OC(=O)c3ccccc3)[C@@H](CN2C(C)=O)O1. The van der Waals surface area contributed by atoms with E-state index in [1.165, 1.54) is 6.92 Å². The van der Waals surface area contributed by atoms with E-state index in [1.54, 1.807) is 36.3 Å². The van der Waals surface area contributed by atoms with Crippen LogP contribution in [-0.4, -0.2) is 55.0 Å². The first-order valence-corrected chi connectivity index (χ1v) is 7.31. The number of benzene rings is 1. The second kappa shape index (κ2) is 6.06. The highest BCUT2D eigenvalue weighted by atomic mass is 16.7. The number of nitrogens with zero attached hydrogens (tertiary/aromatic N) is 1. The average molecular weight is 305 g/mol. The summed E-state index contributed by atoms with van der Waals surface area (Å²) in [7, 11) is 1.57. The van der Waals surface area contributed by atoms with Crippen molar-refractivity contribution in [2.45, 2.75) is 37.9 Å². The molecule has 1 aromatic carbocycles. The largest absolute Gasteiger partial charge is 0.454 e. The summed E-state index contributed by atoms with van der Waals surface area (Å²) in [4.78, 5) is 25.7. The summed E-state index contributed by atoms with van der Waals surface area (Å²) in [5.74, 6) is -0.445. The molecule has 2 saturated heterocycles. The highest BCUT2D eigenvalue weighted by Crippen LogP contribution is 2.34. The number of rotatable bonds is 3. The Hall–Kier alpha value is -1.92. The van der Waals surface area contributed by atoms with E-state index < -0.39 is 12.1 Å². The van der Waals surface area contributed by atoms with Crippen molar-refractivity contribution >= 4 is 11.9 Å². The summed E-state index contributed by atoms with van der Waals surface area (Å²) in [5, 5.41) is 0. The molecule has 118 valence electrons. The van der Waals surface area contributed by atoms with Gasteiger partial charge in [-0.1, -0.05) is 18.2 Å². The van der Waals surface area contributed by atoms with Crippen LogP contribution in [0.4, 0.5) is 0 Å². The average Bonchev–Trinajstić information content (AvgIpc) is 2.74. The van der Waals surface area contributed by atoms with Gasteiger partial charge in [-0.25, -0.2) is 4.79 Å². The topological polar surface area (TPSA) is 65.1 Å². The fraction of sp³-hybridized carbons (Fsp3) is 0.500. The van der Waals surface area contributed by atoms with Crippen LogP contribution in [0, 0.1) is 0 Å². The first-order chi connectivity index (χ1) is 10.6. The molecule has 2 bridgehead atoms. The fourth-order valence-corrected chi connectivity index (χ4v) is 3.12. The third-order valence-corrected chi connectivity index (χ3v) is 4.20. The van der Waals surface area contributed by atoms with Gasteiger partial charge in [-0.3, -0.25) is 4.79 Å². The molecule has 0 radical (unpaired) electrons. The summed E-state index contributed by atoms with van der Waals surface area (Å²) < 4.78 is 16.6. The molecule has 2 heterocycles. The van der Waals surface area contributed by atoms with Crippen LogP contribution in [-0.2, 0) is 19.0 Å². The monoisotopic (exact) mass is 305 g/mol. The minimum absolute atomic E-state index is 0.0476. The van der Waals surface area contributed by atoms with Gasteiger partial charge in [0, 0.05) is 20.5 Å². The van der Waals surface area contributed by atoms with Crippen LogP contribution in [0.1, 0.15) is 23.7 Å².